The third-order valence-electron chi connectivity index (χ3n) is 3.94. The number of urea groups is 1. The molecule has 0 bridgehead atoms. The van der Waals surface area contributed by atoms with Crippen molar-refractivity contribution in [1.82, 2.24) is 15.5 Å². The molecule has 2 N–H and O–H groups in total. The van der Waals surface area contributed by atoms with Crippen LogP contribution in [-0.2, 0) is 4.79 Å². The molecule has 1 saturated heterocycles. The molecule has 3 amide bonds. The van der Waals surface area contributed by atoms with Crippen molar-refractivity contribution >= 4 is 11.9 Å². The van der Waals surface area contributed by atoms with E-state index in [0.717, 1.165) is 18.4 Å². The minimum atomic E-state index is -0.254. The molecule has 0 spiro atoms. The summed E-state index contributed by atoms with van der Waals surface area (Å²) in [6.07, 6.45) is 1.73. The van der Waals surface area contributed by atoms with Crippen molar-refractivity contribution in [1.29, 1.82) is 0 Å². The van der Waals surface area contributed by atoms with Crippen LogP contribution in [0.15, 0.2) is 24.3 Å². The monoisotopic (exact) mass is 291 g/mol. The highest BCUT2D eigenvalue weighted by Crippen LogP contribution is 2.40. The second-order valence-electron chi connectivity index (χ2n) is 5.57. The smallest absolute Gasteiger partial charge is 0.317 e. The number of carbonyl (C=O) groups excluding carboxylic acids is 2. The van der Waals surface area contributed by atoms with E-state index < -0.39 is 0 Å². The van der Waals surface area contributed by atoms with Gasteiger partial charge in [-0.3, -0.25) is 4.79 Å². The van der Waals surface area contributed by atoms with Gasteiger partial charge >= 0.3 is 6.03 Å². The third-order valence-corrected chi connectivity index (χ3v) is 3.94. The van der Waals surface area contributed by atoms with E-state index in [0.29, 0.717) is 13.1 Å². The van der Waals surface area contributed by atoms with Crippen molar-refractivity contribution in [3.05, 3.63) is 35.6 Å². The van der Waals surface area contributed by atoms with Gasteiger partial charge in [-0.2, -0.15) is 0 Å². The van der Waals surface area contributed by atoms with Crippen LogP contribution >= 0.6 is 0 Å². The first kappa shape index (κ1) is 13.9. The summed E-state index contributed by atoms with van der Waals surface area (Å²) in [5.74, 6) is -0.137. The van der Waals surface area contributed by atoms with E-state index in [9.17, 15) is 14.0 Å². The molecule has 5 nitrogen and oxygen atoms in total. The van der Waals surface area contributed by atoms with Gasteiger partial charge in [0.15, 0.2) is 0 Å². The molecule has 112 valence electrons. The Morgan fingerprint density at radius 3 is 2.86 bits per heavy atom. The van der Waals surface area contributed by atoms with Crippen LogP contribution in [0.3, 0.4) is 0 Å². The van der Waals surface area contributed by atoms with Gasteiger partial charge in [0.1, 0.15) is 12.4 Å². The van der Waals surface area contributed by atoms with Crippen molar-refractivity contribution in [3.8, 4) is 0 Å². The summed E-state index contributed by atoms with van der Waals surface area (Å²) in [6.45, 7) is 1.38. The van der Waals surface area contributed by atoms with E-state index in [-0.39, 0.29) is 36.3 Å². The molecule has 0 radical (unpaired) electrons. The van der Waals surface area contributed by atoms with Crippen molar-refractivity contribution < 1.29 is 14.0 Å². The first-order valence-corrected chi connectivity index (χ1v) is 7.21. The maximum atomic E-state index is 12.9. The Labute approximate surface area is 122 Å². The Bertz CT molecular complexity index is 546. The lowest BCUT2D eigenvalue weighted by Crippen LogP contribution is -2.50. The summed E-state index contributed by atoms with van der Waals surface area (Å²) in [6, 6.07) is 6.29. The second kappa shape index (κ2) is 5.71. The molecule has 1 saturated carbocycles. The molecule has 1 heterocycles. The summed E-state index contributed by atoms with van der Waals surface area (Å²) in [5.41, 5.74) is 1.04. The van der Waals surface area contributed by atoms with E-state index in [2.05, 4.69) is 10.6 Å². The zero-order valence-electron chi connectivity index (χ0n) is 11.6. The number of amides is 3. The van der Waals surface area contributed by atoms with Gasteiger partial charge in [-0.1, -0.05) is 12.1 Å². The Morgan fingerprint density at radius 1 is 1.38 bits per heavy atom. The zero-order chi connectivity index (χ0) is 14.8. The zero-order valence-corrected chi connectivity index (χ0v) is 11.6. The lowest BCUT2D eigenvalue weighted by Gasteiger charge is -2.26. The number of hydrogen-bond donors (Lipinski definition) is 2. The summed E-state index contributed by atoms with van der Waals surface area (Å²) in [5, 5.41) is 5.65. The maximum absolute atomic E-state index is 12.9. The van der Waals surface area contributed by atoms with Crippen molar-refractivity contribution in [2.45, 2.75) is 24.8 Å². The second-order valence-corrected chi connectivity index (χ2v) is 5.57. The molecular weight excluding hydrogens is 273 g/mol. The minimum Gasteiger partial charge on any atom is -0.351 e. The fourth-order valence-electron chi connectivity index (χ4n) is 2.69. The molecule has 2 atom stereocenters. The lowest BCUT2D eigenvalue weighted by molar-refractivity contribution is -0.121. The molecule has 1 aromatic rings. The molecule has 3 rings (SSSR count). The SMILES string of the molecule is O=C(CN1CCCNC1=O)N[C@H]1C[C@@H]1c1ccc(F)cc1. The highest BCUT2D eigenvalue weighted by atomic mass is 19.1. The summed E-state index contributed by atoms with van der Waals surface area (Å²) >= 11 is 0. The van der Waals surface area contributed by atoms with Gasteiger partial charge in [0.05, 0.1) is 0 Å². The average Bonchev–Trinajstić information content (AvgIpc) is 3.21. The molecule has 1 aliphatic carbocycles. The van der Waals surface area contributed by atoms with E-state index in [1.165, 1.54) is 17.0 Å². The predicted molar refractivity (Wildman–Crippen MR) is 75.3 cm³/mol. The van der Waals surface area contributed by atoms with Crippen molar-refractivity contribution in [2.75, 3.05) is 19.6 Å². The van der Waals surface area contributed by atoms with E-state index in [1.807, 2.05) is 0 Å². The molecule has 0 unspecified atom stereocenters. The quantitative estimate of drug-likeness (QED) is 0.876. The van der Waals surface area contributed by atoms with Crippen molar-refractivity contribution in [2.24, 2.45) is 0 Å². The van der Waals surface area contributed by atoms with Gasteiger partial charge in [0.25, 0.3) is 0 Å². The normalized spacial score (nSPS) is 24.4. The lowest BCUT2D eigenvalue weighted by atomic mass is 10.1. The minimum absolute atomic E-state index is 0.0933. The molecule has 6 heteroatoms. The van der Waals surface area contributed by atoms with Crippen LogP contribution in [0.5, 0.6) is 0 Å². The summed E-state index contributed by atoms with van der Waals surface area (Å²) < 4.78 is 12.9. The van der Waals surface area contributed by atoms with Gasteiger partial charge in [-0.15, -0.1) is 0 Å². The van der Waals surface area contributed by atoms with Crippen LogP contribution in [0.25, 0.3) is 0 Å². The summed E-state index contributed by atoms with van der Waals surface area (Å²) in [7, 11) is 0. The number of carbonyl (C=O) groups is 2. The molecule has 2 aliphatic rings. The molecule has 0 aromatic heterocycles. The van der Waals surface area contributed by atoms with Gasteiger partial charge in [-0.25, -0.2) is 9.18 Å². The molecule has 1 aromatic carbocycles. The predicted octanol–water partition coefficient (Wildman–Crippen LogP) is 1.21. The van der Waals surface area contributed by atoms with Crippen LogP contribution in [0.2, 0.25) is 0 Å². The number of rotatable bonds is 4. The van der Waals surface area contributed by atoms with Crippen molar-refractivity contribution in [3.63, 3.8) is 0 Å². The fraction of sp³-hybridized carbons (Fsp3) is 0.467. The third kappa shape index (κ3) is 3.32. The number of benzene rings is 1. The Kier molecular flexibility index (Phi) is 3.77. The standard InChI is InChI=1S/C15H18FN3O2/c16-11-4-2-10(3-5-11)12-8-13(12)18-14(20)9-19-7-1-6-17-15(19)21/h2-5,12-13H,1,6-9H2,(H,17,21)(H,18,20)/t12-,13+/m1/s1. The van der Waals surface area contributed by atoms with Crippen LogP contribution in [0.1, 0.15) is 24.3 Å². The highest BCUT2D eigenvalue weighted by Gasteiger charge is 2.39. The van der Waals surface area contributed by atoms with E-state index >= 15 is 0 Å². The molecular formula is C15H18FN3O2. The summed E-state index contributed by atoms with van der Waals surface area (Å²) in [4.78, 5) is 25.0. The van der Waals surface area contributed by atoms with Crippen LogP contribution in [0.4, 0.5) is 9.18 Å². The van der Waals surface area contributed by atoms with Crippen LogP contribution < -0.4 is 10.6 Å². The maximum Gasteiger partial charge on any atom is 0.317 e. The first-order valence-electron chi connectivity index (χ1n) is 7.21. The fourth-order valence-corrected chi connectivity index (χ4v) is 2.69. The van der Waals surface area contributed by atoms with Gasteiger partial charge < -0.3 is 15.5 Å². The number of nitrogens with one attached hydrogen (secondary N) is 2. The Morgan fingerprint density at radius 2 is 2.14 bits per heavy atom. The van der Waals surface area contributed by atoms with E-state index in [1.54, 1.807) is 12.1 Å². The topological polar surface area (TPSA) is 61.4 Å². The van der Waals surface area contributed by atoms with Crippen LogP contribution in [-0.4, -0.2) is 42.5 Å². The number of halogens is 1. The molecule has 1 aliphatic heterocycles. The first-order chi connectivity index (χ1) is 10.1. The number of hydrogen-bond acceptors (Lipinski definition) is 2. The Hall–Kier alpha value is -2.11. The highest BCUT2D eigenvalue weighted by molar-refractivity contribution is 5.84. The number of nitrogens with zero attached hydrogens (tertiary/aromatic N) is 1. The van der Waals surface area contributed by atoms with Gasteiger partial charge in [0, 0.05) is 25.0 Å². The van der Waals surface area contributed by atoms with E-state index in [4.69, 9.17) is 0 Å². The van der Waals surface area contributed by atoms with Gasteiger partial charge in [-0.05, 0) is 30.5 Å². The average molecular weight is 291 g/mol. The van der Waals surface area contributed by atoms with Gasteiger partial charge in [0.2, 0.25) is 5.91 Å². The largest absolute Gasteiger partial charge is 0.351 e. The Balaban J connectivity index is 1.48. The van der Waals surface area contributed by atoms with Crippen LogP contribution in [0, 0.1) is 5.82 Å². The molecule has 2 fully saturated rings. The molecule has 21 heavy (non-hydrogen) atoms.